The van der Waals surface area contributed by atoms with Crippen molar-refractivity contribution in [3.05, 3.63) is 0 Å². The maximum Gasteiger partial charge on any atom is 0.508 e. The minimum absolute atomic E-state index is 0.0720. The monoisotopic (exact) mass is 208 g/mol. The van der Waals surface area contributed by atoms with Crippen molar-refractivity contribution >= 4 is 23.2 Å². The smallest absolute Gasteiger partial charge is 0.453 e. The Labute approximate surface area is 79.9 Å². The SMILES string of the molecule is CC1(COC(=O)Cl)COC(=O)OC1. The number of cyclic esters (lactones) is 2. The summed E-state index contributed by atoms with van der Waals surface area (Å²) in [7, 11) is 0. The minimum atomic E-state index is -0.877. The summed E-state index contributed by atoms with van der Waals surface area (Å²) in [5, 5.41) is 0. The van der Waals surface area contributed by atoms with Gasteiger partial charge in [0.1, 0.15) is 19.8 Å². The molecule has 1 fully saturated rings. The molecule has 0 aliphatic carbocycles. The zero-order valence-electron chi connectivity index (χ0n) is 7.04. The van der Waals surface area contributed by atoms with E-state index < -0.39 is 17.0 Å². The van der Waals surface area contributed by atoms with Crippen molar-refractivity contribution in [2.24, 2.45) is 5.41 Å². The lowest BCUT2D eigenvalue weighted by atomic mass is 9.94. The summed E-state index contributed by atoms with van der Waals surface area (Å²) < 4.78 is 13.8. The third-order valence-corrected chi connectivity index (χ3v) is 1.72. The summed E-state index contributed by atoms with van der Waals surface area (Å²) in [5.74, 6) is 0. The molecule has 1 aliphatic rings. The molecule has 0 atom stereocenters. The Kier molecular flexibility index (Phi) is 2.98. The van der Waals surface area contributed by atoms with E-state index in [0.717, 1.165) is 0 Å². The zero-order chi connectivity index (χ0) is 9.90. The van der Waals surface area contributed by atoms with E-state index in [1.165, 1.54) is 0 Å². The molecule has 5 nitrogen and oxygen atoms in total. The summed E-state index contributed by atoms with van der Waals surface area (Å²) in [6.45, 7) is 2.16. The van der Waals surface area contributed by atoms with Crippen LogP contribution in [0.2, 0.25) is 0 Å². The maximum absolute atomic E-state index is 10.5. The van der Waals surface area contributed by atoms with Crippen molar-refractivity contribution in [2.75, 3.05) is 19.8 Å². The van der Waals surface area contributed by atoms with Gasteiger partial charge in [0.15, 0.2) is 0 Å². The average molecular weight is 209 g/mol. The van der Waals surface area contributed by atoms with Crippen LogP contribution in [0.1, 0.15) is 6.92 Å². The van der Waals surface area contributed by atoms with Crippen molar-refractivity contribution in [2.45, 2.75) is 6.92 Å². The summed E-state index contributed by atoms with van der Waals surface area (Å²) in [4.78, 5) is 20.8. The first-order valence-electron chi connectivity index (χ1n) is 3.64. The van der Waals surface area contributed by atoms with E-state index in [1.54, 1.807) is 6.92 Å². The first kappa shape index (κ1) is 10.1. The number of rotatable bonds is 2. The highest BCUT2D eigenvalue weighted by Gasteiger charge is 2.34. The molecule has 0 aromatic carbocycles. The van der Waals surface area contributed by atoms with Gasteiger partial charge in [-0.3, -0.25) is 0 Å². The molecule has 1 rings (SSSR count). The van der Waals surface area contributed by atoms with Crippen molar-refractivity contribution in [1.82, 2.24) is 0 Å². The number of ether oxygens (including phenoxy) is 3. The zero-order valence-corrected chi connectivity index (χ0v) is 7.80. The van der Waals surface area contributed by atoms with E-state index in [4.69, 9.17) is 11.6 Å². The largest absolute Gasteiger partial charge is 0.508 e. The Balaban J connectivity index is 2.38. The number of carbonyl (C=O) groups is 2. The number of hydrogen-bond donors (Lipinski definition) is 0. The van der Waals surface area contributed by atoms with E-state index in [-0.39, 0.29) is 19.8 Å². The van der Waals surface area contributed by atoms with E-state index in [0.29, 0.717) is 0 Å². The van der Waals surface area contributed by atoms with Gasteiger partial charge in [0, 0.05) is 11.6 Å². The predicted molar refractivity (Wildman–Crippen MR) is 42.6 cm³/mol. The molecule has 0 radical (unpaired) electrons. The van der Waals surface area contributed by atoms with Crippen molar-refractivity contribution in [1.29, 1.82) is 0 Å². The highest BCUT2D eigenvalue weighted by Crippen LogP contribution is 2.22. The van der Waals surface area contributed by atoms with E-state index in [9.17, 15) is 9.59 Å². The number of carbonyl (C=O) groups excluding carboxylic acids is 2. The van der Waals surface area contributed by atoms with Crippen LogP contribution in [0.3, 0.4) is 0 Å². The lowest BCUT2D eigenvalue weighted by molar-refractivity contribution is -0.0714. The number of halogens is 1. The average Bonchev–Trinajstić information content (AvgIpc) is 2.08. The van der Waals surface area contributed by atoms with Crippen LogP contribution in [-0.2, 0) is 14.2 Å². The highest BCUT2D eigenvalue weighted by molar-refractivity contribution is 6.61. The lowest BCUT2D eigenvalue weighted by Crippen LogP contribution is -2.40. The standard InChI is InChI=1S/C7H9ClO5/c1-7(2-11-5(8)9)3-12-6(10)13-4-7/h2-4H2,1H3. The normalized spacial score (nSPS) is 20.0. The van der Waals surface area contributed by atoms with Gasteiger partial charge in [-0.15, -0.1) is 0 Å². The fourth-order valence-corrected chi connectivity index (χ4v) is 0.919. The molecule has 0 saturated carbocycles. The third kappa shape index (κ3) is 3.10. The van der Waals surface area contributed by atoms with Crippen LogP contribution in [0.25, 0.3) is 0 Å². The van der Waals surface area contributed by atoms with Crippen molar-refractivity contribution in [3.63, 3.8) is 0 Å². The Bertz CT molecular complexity index is 217. The van der Waals surface area contributed by atoms with Crippen LogP contribution in [0, 0.1) is 5.41 Å². The molecule has 0 aromatic heterocycles. The summed E-state index contributed by atoms with van der Waals surface area (Å²) in [6, 6.07) is 0. The third-order valence-electron chi connectivity index (χ3n) is 1.61. The number of hydrogen-bond acceptors (Lipinski definition) is 5. The van der Waals surface area contributed by atoms with Crippen molar-refractivity contribution in [3.8, 4) is 0 Å². The molecule has 0 amide bonds. The van der Waals surface area contributed by atoms with Gasteiger partial charge in [0.2, 0.25) is 0 Å². The molecule has 0 spiro atoms. The van der Waals surface area contributed by atoms with E-state index >= 15 is 0 Å². The molecule has 0 N–H and O–H groups in total. The highest BCUT2D eigenvalue weighted by atomic mass is 35.5. The molecule has 1 aliphatic heterocycles. The first-order valence-corrected chi connectivity index (χ1v) is 4.01. The maximum atomic E-state index is 10.5. The quantitative estimate of drug-likeness (QED) is 0.509. The molecule has 13 heavy (non-hydrogen) atoms. The topological polar surface area (TPSA) is 61.8 Å². The Hall–Kier alpha value is -0.970. The fourth-order valence-electron chi connectivity index (χ4n) is 0.864. The van der Waals surface area contributed by atoms with Crippen LogP contribution in [-0.4, -0.2) is 31.4 Å². The van der Waals surface area contributed by atoms with Crippen LogP contribution < -0.4 is 0 Å². The van der Waals surface area contributed by atoms with Gasteiger partial charge >= 0.3 is 11.6 Å². The molecule has 0 bridgehead atoms. The van der Waals surface area contributed by atoms with Crippen LogP contribution in [0.15, 0.2) is 0 Å². The molecule has 1 saturated heterocycles. The summed E-state index contributed by atoms with van der Waals surface area (Å²) in [5.41, 5.74) is -1.38. The van der Waals surface area contributed by atoms with Crippen LogP contribution >= 0.6 is 11.6 Å². The van der Waals surface area contributed by atoms with Gasteiger partial charge in [0.05, 0.1) is 5.41 Å². The second kappa shape index (κ2) is 3.83. The Morgan fingerprint density at radius 1 is 1.62 bits per heavy atom. The van der Waals surface area contributed by atoms with Gasteiger partial charge < -0.3 is 14.2 Å². The summed E-state index contributed by atoms with van der Waals surface area (Å²) >= 11 is 4.98. The molecule has 74 valence electrons. The van der Waals surface area contributed by atoms with Gasteiger partial charge in [-0.05, 0) is 6.92 Å². The van der Waals surface area contributed by atoms with Gasteiger partial charge in [-0.25, -0.2) is 9.59 Å². The van der Waals surface area contributed by atoms with Crippen LogP contribution in [0.4, 0.5) is 9.59 Å². The van der Waals surface area contributed by atoms with Gasteiger partial charge in [0.25, 0.3) is 0 Å². The molecular weight excluding hydrogens is 200 g/mol. The van der Waals surface area contributed by atoms with Gasteiger partial charge in [-0.2, -0.15) is 0 Å². The minimum Gasteiger partial charge on any atom is -0.453 e. The van der Waals surface area contributed by atoms with Crippen molar-refractivity contribution < 1.29 is 23.8 Å². The Morgan fingerprint density at radius 3 is 2.62 bits per heavy atom. The Morgan fingerprint density at radius 2 is 2.15 bits per heavy atom. The molecule has 6 heteroatoms. The lowest BCUT2D eigenvalue weighted by Gasteiger charge is -2.30. The second-order valence-electron chi connectivity index (χ2n) is 3.16. The molecule has 1 heterocycles. The predicted octanol–water partition coefficient (Wildman–Crippen LogP) is 1.53. The van der Waals surface area contributed by atoms with Gasteiger partial charge in [-0.1, -0.05) is 0 Å². The van der Waals surface area contributed by atoms with E-state index in [1.807, 2.05) is 0 Å². The molecule has 0 unspecified atom stereocenters. The summed E-state index contributed by atoms with van der Waals surface area (Å²) in [6.07, 6.45) is -0.699. The van der Waals surface area contributed by atoms with Crippen LogP contribution in [0.5, 0.6) is 0 Å². The fraction of sp³-hybridized carbons (Fsp3) is 0.714. The first-order chi connectivity index (χ1) is 6.02. The molecule has 0 aromatic rings. The second-order valence-corrected chi connectivity index (χ2v) is 3.47. The van der Waals surface area contributed by atoms with E-state index in [2.05, 4.69) is 14.2 Å². The molecular formula is C7H9ClO5.